The van der Waals surface area contributed by atoms with E-state index in [2.05, 4.69) is 16.7 Å². The van der Waals surface area contributed by atoms with Crippen LogP contribution in [-0.2, 0) is 0 Å². The molecule has 0 aromatic rings. The van der Waals surface area contributed by atoms with Crippen molar-refractivity contribution in [3.05, 3.63) is 0 Å². The molecule has 2 unspecified atom stereocenters. The molecular formula is C15H29N3. The summed E-state index contributed by atoms with van der Waals surface area (Å²) >= 11 is 0. The van der Waals surface area contributed by atoms with E-state index in [9.17, 15) is 0 Å². The molecule has 3 rings (SSSR count). The minimum atomic E-state index is 0.317. The van der Waals surface area contributed by atoms with Gasteiger partial charge in [0.05, 0.1) is 5.54 Å². The summed E-state index contributed by atoms with van der Waals surface area (Å²) in [7, 11) is 0. The SMILES string of the molecule is CCCN(C1CC1)C1(CN)CCN2CCCCC21. The van der Waals surface area contributed by atoms with Crippen LogP contribution < -0.4 is 5.73 Å². The fourth-order valence-corrected chi connectivity index (χ4v) is 4.46. The molecule has 0 aromatic heterocycles. The number of nitrogens with zero attached hydrogens (tertiary/aromatic N) is 2. The van der Waals surface area contributed by atoms with E-state index in [0.717, 1.165) is 18.6 Å². The van der Waals surface area contributed by atoms with Gasteiger partial charge < -0.3 is 5.73 Å². The van der Waals surface area contributed by atoms with E-state index in [1.54, 1.807) is 0 Å². The molecule has 2 heterocycles. The van der Waals surface area contributed by atoms with Gasteiger partial charge in [-0.25, -0.2) is 0 Å². The average Bonchev–Trinajstić information content (AvgIpc) is 3.18. The van der Waals surface area contributed by atoms with Crippen LogP contribution in [-0.4, -0.2) is 53.6 Å². The van der Waals surface area contributed by atoms with Gasteiger partial charge in [0.1, 0.15) is 0 Å². The smallest absolute Gasteiger partial charge is 0.0501 e. The van der Waals surface area contributed by atoms with Gasteiger partial charge in [-0.05, 0) is 51.6 Å². The Bertz CT molecular complexity index is 289. The lowest BCUT2D eigenvalue weighted by molar-refractivity contribution is 0.0310. The largest absolute Gasteiger partial charge is 0.329 e. The van der Waals surface area contributed by atoms with Crippen molar-refractivity contribution in [2.45, 2.75) is 69.5 Å². The summed E-state index contributed by atoms with van der Waals surface area (Å²) < 4.78 is 0. The molecule has 3 heteroatoms. The van der Waals surface area contributed by atoms with E-state index in [-0.39, 0.29) is 0 Å². The van der Waals surface area contributed by atoms with E-state index >= 15 is 0 Å². The molecule has 2 N–H and O–H groups in total. The molecule has 3 fully saturated rings. The summed E-state index contributed by atoms with van der Waals surface area (Å²) in [4.78, 5) is 5.56. The van der Waals surface area contributed by atoms with Gasteiger partial charge in [-0.1, -0.05) is 13.3 Å². The van der Waals surface area contributed by atoms with Crippen LogP contribution in [0.5, 0.6) is 0 Å². The Morgan fingerprint density at radius 1 is 1.22 bits per heavy atom. The number of rotatable bonds is 5. The molecule has 3 aliphatic rings. The van der Waals surface area contributed by atoms with Crippen molar-refractivity contribution in [3.8, 4) is 0 Å². The third kappa shape index (κ3) is 2.00. The van der Waals surface area contributed by atoms with Crippen LogP contribution in [0.25, 0.3) is 0 Å². The maximum atomic E-state index is 6.30. The third-order valence-corrected chi connectivity index (χ3v) is 5.44. The van der Waals surface area contributed by atoms with Crippen LogP contribution in [0.15, 0.2) is 0 Å². The Balaban J connectivity index is 1.83. The molecule has 0 spiro atoms. The molecular weight excluding hydrogens is 222 g/mol. The zero-order valence-electron chi connectivity index (χ0n) is 11.9. The Labute approximate surface area is 112 Å². The van der Waals surface area contributed by atoms with Crippen molar-refractivity contribution in [1.29, 1.82) is 0 Å². The first-order valence-electron chi connectivity index (χ1n) is 8.02. The molecule has 2 atom stereocenters. The van der Waals surface area contributed by atoms with Gasteiger partial charge in [0.25, 0.3) is 0 Å². The molecule has 0 amide bonds. The lowest BCUT2D eigenvalue weighted by Crippen LogP contribution is -2.62. The summed E-state index contributed by atoms with van der Waals surface area (Å²) in [6, 6.07) is 1.61. The highest BCUT2D eigenvalue weighted by Gasteiger charge is 2.53. The van der Waals surface area contributed by atoms with E-state index in [1.165, 1.54) is 64.6 Å². The summed E-state index contributed by atoms with van der Waals surface area (Å²) in [5.74, 6) is 0. The second kappa shape index (κ2) is 5.10. The highest BCUT2D eigenvalue weighted by molar-refractivity contribution is 5.11. The molecule has 2 saturated heterocycles. The molecule has 104 valence electrons. The molecule has 18 heavy (non-hydrogen) atoms. The van der Waals surface area contributed by atoms with Crippen LogP contribution in [0.2, 0.25) is 0 Å². The van der Waals surface area contributed by atoms with Crippen molar-refractivity contribution in [1.82, 2.24) is 9.80 Å². The fourth-order valence-electron chi connectivity index (χ4n) is 4.46. The molecule has 0 bridgehead atoms. The van der Waals surface area contributed by atoms with Crippen LogP contribution in [0.3, 0.4) is 0 Å². The summed E-state index contributed by atoms with van der Waals surface area (Å²) in [6.07, 6.45) is 9.59. The molecule has 0 radical (unpaired) electrons. The topological polar surface area (TPSA) is 32.5 Å². The molecule has 1 aliphatic carbocycles. The first-order chi connectivity index (χ1) is 8.81. The number of hydrogen-bond acceptors (Lipinski definition) is 3. The summed E-state index contributed by atoms with van der Waals surface area (Å²) in [6.45, 7) is 7.04. The van der Waals surface area contributed by atoms with Gasteiger partial charge in [-0.2, -0.15) is 0 Å². The molecule has 0 aromatic carbocycles. The summed E-state index contributed by atoms with van der Waals surface area (Å²) in [5.41, 5.74) is 6.62. The molecule has 3 nitrogen and oxygen atoms in total. The first-order valence-corrected chi connectivity index (χ1v) is 8.02. The minimum absolute atomic E-state index is 0.317. The van der Waals surface area contributed by atoms with E-state index in [0.29, 0.717) is 5.54 Å². The zero-order chi connectivity index (χ0) is 12.6. The monoisotopic (exact) mass is 251 g/mol. The number of piperidine rings is 1. The Kier molecular flexibility index (Phi) is 3.65. The Morgan fingerprint density at radius 2 is 2.06 bits per heavy atom. The van der Waals surface area contributed by atoms with Gasteiger partial charge >= 0.3 is 0 Å². The molecule has 2 aliphatic heterocycles. The second-order valence-corrected chi connectivity index (χ2v) is 6.53. The number of hydrogen-bond donors (Lipinski definition) is 1. The first kappa shape index (κ1) is 12.9. The highest BCUT2D eigenvalue weighted by atomic mass is 15.3. The van der Waals surface area contributed by atoms with Crippen LogP contribution in [0.4, 0.5) is 0 Å². The maximum absolute atomic E-state index is 6.30. The number of fused-ring (bicyclic) bond motifs is 1. The Hall–Kier alpha value is -0.120. The quantitative estimate of drug-likeness (QED) is 0.809. The van der Waals surface area contributed by atoms with Crippen molar-refractivity contribution < 1.29 is 0 Å². The van der Waals surface area contributed by atoms with E-state index in [1.807, 2.05) is 0 Å². The Morgan fingerprint density at radius 3 is 2.72 bits per heavy atom. The normalized spacial score (nSPS) is 37.2. The molecule has 1 saturated carbocycles. The van der Waals surface area contributed by atoms with E-state index in [4.69, 9.17) is 5.73 Å². The predicted molar refractivity (Wildman–Crippen MR) is 75.6 cm³/mol. The van der Waals surface area contributed by atoms with Gasteiger partial charge in [0.15, 0.2) is 0 Å². The highest BCUT2D eigenvalue weighted by Crippen LogP contribution is 2.43. The van der Waals surface area contributed by atoms with Crippen LogP contribution >= 0.6 is 0 Å². The van der Waals surface area contributed by atoms with Crippen molar-refractivity contribution >= 4 is 0 Å². The van der Waals surface area contributed by atoms with Gasteiger partial charge in [-0.3, -0.25) is 9.80 Å². The van der Waals surface area contributed by atoms with Crippen molar-refractivity contribution in [2.75, 3.05) is 26.2 Å². The average molecular weight is 251 g/mol. The van der Waals surface area contributed by atoms with Crippen LogP contribution in [0, 0.1) is 0 Å². The van der Waals surface area contributed by atoms with E-state index < -0.39 is 0 Å². The van der Waals surface area contributed by atoms with Crippen molar-refractivity contribution in [2.24, 2.45) is 5.73 Å². The number of nitrogens with two attached hydrogens (primary N) is 1. The van der Waals surface area contributed by atoms with Gasteiger partial charge in [0.2, 0.25) is 0 Å². The lowest BCUT2D eigenvalue weighted by Gasteiger charge is -2.48. The predicted octanol–water partition coefficient (Wildman–Crippen LogP) is 1.82. The summed E-state index contributed by atoms with van der Waals surface area (Å²) in [5, 5.41) is 0. The standard InChI is InChI=1S/C15H29N3/c1-2-9-18(13-6-7-13)15(12-16)8-11-17-10-4-3-5-14(15)17/h13-14H,2-12,16H2,1H3. The fraction of sp³-hybridized carbons (Fsp3) is 1.00. The van der Waals surface area contributed by atoms with Gasteiger partial charge in [0, 0.05) is 25.2 Å². The second-order valence-electron chi connectivity index (χ2n) is 6.53. The minimum Gasteiger partial charge on any atom is -0.329 e. The maximum Gasteiger partial charge on any atom is 0.0501 e. The van der Waals surface area contributed by atoms with Gasteiger partial charge in [-0.15, -0.1) is 0 Å². The third-order valence-electron chi connectivity index (χ3n) is 5.44. The lowest BCUT2D eigenvalue weighted by atomic mass is 9.83. The van der Waals surface area contributed by atoms with Crippen LogP contribution in [0.1, 0.15) is 51.9 Å². The zero-order valence-corrected chi connectivity index (χ0v) is 11.9. The van der Waals surface area contributed by atoms with Crippen molar-refractivity contribution in [3.63, 3.8) is 0 Å².